The van der Waals surface area contributed by atoms with E-state index in [-0.39, 0.29) is 5.82 Å². The maximum absolute atomic E-state index is 12.9. The predicted molar refractivity (Wildman–Crippen MR) is 79.3 cm³/mol. The third kappa shape index (κ3) is 3.66. The van der Waals surface area contributed by atoms with E-state index in [0.29, 0.717) is 12.3 Å². The number of aromatic nitrogens is 4. The lowest BCUT2D eigenvalue weighted by Crippen LogP contribution is -2.03. The molecule has 0 spiro atoms. The molecular weight excluding hydrogens is 287 g/mol. The largest absolute Gasteiger partial charge is 0.216 e. The topological polar surface area (TPSA) is 43.6 Å². The van der Waals surface area contributed by atoms with E-state index in [1.165, 1.54) is 23.9 Å². The molecule has 21 heavy (non-hydrogen) atoms. The summed E-state index contributed by atoms with van der Waals surface area (Å²) in [6, 6.07) is 16.5. The molecule has 0 unspecified atom stereocenters. The van der Waals surface area contributed by atoms with Gasteiger partial charge in [0.1, 0.15) is 5.82 Å². The molecule has 3 rings (SSSR count). The number of hydrogen-bond donors (Lipinski definition) is 0. The van der Waals surface area contributed by atoms with Gasteiger partial charge in [-0.2, -0.15) is 0 Å². The first kappa shape index (κ1) is 13.8. The highest BCUT2D eigenvalue weighted by atomic mass is 32.2. The van der Waals surface area contributed by atoms with Crippen molar-refractivity contribution < 1.29 is 4.39 Å². The minimum atomic E-state index is -0.224. The van der Waals surface area contributed by atoms with Gasteiger partial charge in [-0.05, 0) is 33.7 Å². The van der Waals surface area contributed by atoms with Crippen LogP contribution in [0, 0.1) is 5.82 Å². The third-order valence-electron chi connectivity index (χ3n) is 2.96. The van der Waals surface area contributed by atoms with E-state index in [0.717, 1.165) is 16.3 Å². The van der Waals surface area contributed by atoms with Crippen molar-refractivity contribution in [3.63, 3.8) is 0 Å². The van der Waals surface area contributed by atoms with Crippen LogP contribution in [0.25, 0.3) is 0 Å². The fourth-order valence-corrected chi connectivity index (χ4v) is 2.72. The van der Waals surface area contributed by atoms with Crippen LogP contribution in [-0.2, 0) is 12.3 Å². The van der Waals surface area contributed by atoms with Gasteiger partial charge < -0.3 is 0 Å². The van der Waals surface area contributed by atoms with Crippen LogP contribution in [0.1, 0.15) is 11.1 Å². The van der Waals surface area contributed by atoms with Gasteiger partial charge >= 0.3 is 0 Å². The van der Waals surface area contributed by atoms with E-state index < -0.39 is 0 Å². The average molecular weight is 300 g/mol. The van der Waals surface area contributed by atoms with Gasteiger partial charge in [0, 0.05) is 5.75 Å². The van der Waals surface area contributed by atoms with Crippen LogP contribution in [0.4, 0.5) is 4.39 Å². The second-order valence-corrected chi connectivity index (χ2v) is 5.46. The van der Waals surface area contributed by atoms with Crippen LogP contribution in [0.3, 0.4) is 0 Å². The van der Waals surface area contributed by atoms with Crippen molar-refractivity contribution in [3.05, 3.63) is 71.5 Å². The zero-order valence-electron chi connectivity index (χ0n) is 11.2. The van der Waals surface area contributed by atoms with Crippen molar-refractivity contribution in [2.45, 2.75) is 17.5 Å². The first-order valence-corrected chi connectivity index (χ1v) is 7.47. The summed E-state index contributed by atoms with van der Waals surface area (Å²) in [6.07, 6.45) is 0. The van der Waals surface area contributed by atoms with Crippen LogP contribution >= 0.6 is 11.8 Å². The summed E-state index contributed by atoms with van der Waals surface area (Å²) < 4.78 is 14.6. The molecule has 0 saturated heterocycles. The van der Waals surface area contributed by atoms with Crippen LogP contribution in [0.2, 0.25) is 0 Å². The molecule has 106 valence electrons. The molecule has 3 aromatic rings. The summed E-state index contributed by atoms with van der Waals surface area (Å²) in [5.74, 6) is 0.479. The van der Waals surface area contributed by atoms with Gasteiger partial charge in [0.05, 0.1) is 6.54 Å². The van der Waals surface area contributed by atoms with Crippen LogP contribution in [0.5, 0.6) is 0 Å². The number of hydrogen-bond acceptors (Lipinski definition) is 4. The summed E-state index contributed by atoms with van der Waals surface area (Å²) in [5.41, 5.74) is 2.18. The Bertz CT molecular complexity index is 697. The maximum atomic E-state index is 12.9. The summed E-state index contributed by atoms with van der Waals surface area (Å²) in [6.45, 7) is 0.638. The number of tetrazole rings is 1. The zero-order valence-corrected chi connectivity index (χ0v) is 12.0. The Morgan fingerprint density at radius 3 is 2.48 bits per heavy atom. The van der Waals surface area contributed by atoms with E-state index in [1.54, 1.807) is 16.8 Å². The lowest BCUT2D eigenvalue weighted by molar-refractivity contribution is 0.603. The molecule has 1 aromatic heterocycles. The number of nitrogens with zero attached hydrogens (tertiary/aromatic N) is 4. The number of halogens is 1. The molecule has 0 atom stereocenters. The fraction of sp³-hybridized carbons (Fsp3) is 0.133. The molecule has 0 saturated carbocycles. The Balaban J connectivity index is 1.66. The third-order valence-corrected chi connectivity index (χ3v) is 3.98. The average Bonchev–Trinajstić information content (AvgIpc) is 2.95. The Morgan fingerprint density at radius 2 is 1.71 bits per heavy atom. The molecule has 0 aliphatic rings. The molecule has 0 aliphatic heterocycles. The van der Waals surface area contributed by atoms with Crippen molar-refractivity contribution >= 4 is 11.8 Å². The minimum absolute atomic E-state index is 0.224. The second-order valence-electron chi connectivity index (χ2n) is 4.52. The fourth-order valence-electron chi connectivity index (χ4n) is 1.88. The predicted octanol–water partition coefficient (Wildman–Crippen LogP) is 3.15. The molecule has 4 nitrogen and oxygen atoms in total. The van der Waals surface area contributed by atoms with Crippen LogP contribution in [0.15, 0.2) is 59.8 Å². The van der Waals surface area contributed by atoms with E-state index in [4.69, 9.17) is 0 Å². The van der Waals surface area contributed by atoms with Gasteiger partial charge in [0.2, 0.25) is 5.16 Å². The van der Waals surface area contributed by atoms with Crippen molar-refractivity contribution in [1.82, 2.24) is 20.2 Å². The smallest absolute Gasteiger partial charge is 0.209 e. The molecule has 6 heteroatoms. The van der Waals surface area contributed by atoms with Crippen molar-refractivity contribution in [2.24, 2.45) is 0 Å². The number of rotatable bonds is 5. The molecular formula is C15H13FN4S. The maximum Gasteiger partial charge on any atom is 0.209 e. The summed E-state index contributed by atoms with van der Waals surface area (Å²) in [4.78, 5) is 0. The number of benzene rings is 2. The summed E-state index contributed by atoms with van der Waals surface area (Å²) in [7, 11) is 0. The molecule has 0 radical (unpaired) electrons. The molecule has 0 fully saturated rings. The Morgan fingerprint density at radius 1 is 0.952 bits per heavy atom. The normalized spacial score (nSPS) is 10.7. The van der Waals surface area contributed by atoms with E-state index in [1.807, 2.05) is 30.3 Å². The monoisotopic (exact) mass is 300 g/mol. The van der Waals surface area contributed by atoms with Gasteiger partial charge in [0.15, 0.2) is 0 Å². The second kappa shape index (κ2) is 6.49. The van der Waals surface area contributed by atoms with Gasteiger partial charge in [-0.15, -0.1) is 5.10 Å². The quantitative estimate of drug-likeness (QED) is 0.679. The molecule has 2 aromatic carbocycles. The van der Waals surface area contributed by atoms with Gasteiger partial charge in [-0.25, -0.2) is 9.07 Å². The summed E-state index contributed by atoms with van der Waals surface area (Å²) >= 11 is 1.54. The molecule has 0 amide bonds. The Labute approximate surface area is 126 Å². The first-order valence-electron chi connectivity index (χ1n) is 6.48. The molecule has 1 heterocycles. The molecule has 0 aliphatic carbocycles. The van der Waals surface area contributed by atoms with Gasteiger partial charge in [-0.3, -0.25) is 0 Å². The van der Waals surface area contributed by atoms with Crippen LogP contribution < -0.4 is 0 Å². The molecule has 0 N–H and O–H groups in total. The van der Waals surface area contributed by atoms with Crippen molar-refractivity contribution in [2.75, 3.05) is 0 Å². The highest BCUT2D eigenvalue weighted by Gasteiger charge is 2.07. The molecule has 0 bridgehead atoms. The van der Waals surface area contributed by atoms with Crippen molar-refractivity contribution in [1.29, 1.82) is 0 Å². The lowest BCUT2D eigenvalue weighted by atomic mass is 10.2. The highest BCUT2D eigenvalue weighted by Crippen LogP contribution is 2.20. The van der Waals surface area contributed by atoms with Gasteiger partial charge in [0.25, 0.3) is 0 Å². The van der Waals surface area contributed by atoms with E-state index in [9.17, 15) is 4.39 Å². The SMILES string of the molecule is Fc1ccc(CSc2nnnn2Cc2ccccc2)cc1. The lowest BCUT2D eigenvalue weighted by Gasteiger charge is -2.04. The zero-order chi connectivity index (χ0) is 14.5. The van der Waals surface area contributed by atoms with Crippen LogP contribution in [-0.4, -0.2) is 20.2 Å². The Kier molecular flexibility index (Phi) is 4.25. The standard InChI is InChI=1S/C15H13FN4S/c16-14-8-6-13(7-9-14)11-21-15-17-18-19-20(15)10-12-4-2-1-3-5-12/h1-9H,10-11H2. The Hall–Kier alpha value is -2.21. The summed E-state index contributed by atoms with van der Waals surface area (Å²) in [5, 5.41) is 12.5. The first-order chi connectivity index (χ1) is 10.3. The van der Waals surface area contributed by atoms with Crippen molar-refractivity contribution in [3.8, 4) is 0 Å². The van der Waals surface area contributed by atoms with E-state index >= 15 is 0 Å². The van der Waals surface area contributed by atoms with Gasteiger partial charge in [-0.1, -0.05) is 54.2 Å². The number of thioether (sulfide) groups is 1. The minimum Gasteiger partial charge on any atom is -0.216 e. The van der Waals surface area contributed by atoms with E-state index in [2.05, 4.69) is 15.5 Å². The highest BCUT2D eigenvalue weighted by molar-refractivity contribution is 7.98.